The molecule has 0 saturated carbocycles. The Hall–Kier alpha value is -2.88. The summed E-state index contributed by atoms with van der Waals surface area (Å²) in [6, 6.07) is 19.4. The second-order valence-corrected chi connectivity index (χ2v) is 12.9. The number of hydrogen-bond acceptors (Lipinski definition) is 4. The second-order valence-electron chi connectivity index (χ2n) is 9.72. The molecule has 1 atom stereocenters. The Morgan fingerprint density at radius 1 is 0.974 bits per heavy atom. The van der Waals surface area contributed by atoms with Crippen molar-refractivity contribution in [3.05, 3.63) is 93.4 Å². The Labute approximate surface area is 244 Å². The van der Waals surface area contributed by atoms with Crippen LogP contribution in [0.5, 0.6) is 0 Å². The van der Waals surface area contributed by atoms with Gasteiger partial charge in [0.15, 0.2) is 0 Å². The molecule has 208 valence electrons. The van der Waals surface area contributed by atoms with E-state index in [4.69, 9.17) is 11.6 Å². The summed E-state index contributed by atoms with van der Waals surface area (Å²) in [4.78, 5) is 28.5. The number of amides is 2. The van der Waals surface area contributed by atoms with Gasteiger partial charge in [0, 0.05) is 22.6 Å². The Balaban J connectivity index is 2.03. The van der Waals surface area contributed by atoms with E-state index in [1.54, 1.807) is 44.2 Å². The quantitative estimate of drug-likeness (QED) is 0.289. The van der Waals surface area contributed by atoms with E-state index in [2.05, 4.69) is 21.2 Å². The maximum atomic E-state index is 14.0. The maximum absolute atomic E-state index is 14.0. The molecule has 1 N–H and O–H groups in total. The fourth-order valence-electron chi connectivity index (χ4n) is 3.91. The molecule has 0 heterocycles. The molecule has 2 amide bonds. The van der Waals surface area contributed by atoms with Crippen LogP contribution in [0.15, 0.2) is 82.2 Å². The lowest BCUT2D eigenvalue weighted by Gasteiger charge is -2.32. The van der Waals surface area contributed by atoms with Crippen molar-refractivity contribution in [3.63, 3.8) is 0 Å². The van der Waals surface area contributed by atoms with E-state index in [1.807, 2.05) is 38.1 Å². The topological polar surface area (TPSA) is 86.8 Å². The van der Waals surface area contributed by atoms with Crippen LogP contribution in [-0.2, 0) is 26.2 Å². The van der Waals surface area contributed by atoms with Crippen LogP contribution in [-0.4, -0.2) is 44.3 Å². The molecule has 7 nitrogen and oxygen atoms in total. The number of rotatable bonds is 11. The van der Waals surface area contributed by atoms with Gasteiger partial charge in [-0.3, -0.25) is 13.9 Å². The molecule has 0 aromatic heterocycles. The standard InChI is InChI=1S/C29H33BrClN3O4S/c1-20(2)17-32-29(36)22(4)33(18-23-11-13-24(30)14-12-23)28(35)19-34(27-16-25(31)15-10-21(27)3)39(37,38)26-8-6-5-7-9-26/h5-16,20,22H,17-19H2,1-4H3,(H,32,36). The Morgan fingerprint density at radius 3 is 2.23 bits per heavy atom. The summed E-state index contributed by atoms with van der Waals surface area (Å²) in [6.45, 7) is 7.43. The Kier molecular flexibility index (Phi) is 10.6. The molecular weight excluding hydrogens is 602 g/mol. The average Bonchev–Trinajstić information content (AvgIpc) is 2.91. The Bertz CT molecular complexity index is 1400. The summed E-state index contributed by atoms with van der Waals surface area (Å²) in [7, 11) is -4.15. The SMILES string of the molecule is Cc1ccc(Cl)cc1N(CC(=O)N(Cc1ccc(Br)cc1)C(C)C(=O)NCC(C)C)S(=O)(=O)c1ccccc1. The van der Waals surface area contributed by atoms with Gasteiger partial charge in [-0.1, -0.05) is 77.8 Å². The number of benzene rings is 3. The number of carbonyl (C=O) groups is 2. The van der Waals surface area contributed by atoms with Gasteiger partial charge in [0.25, 0.3) is 10.0 Å². The summed E-state index contributed by atoms with van der Waals surface area (Å²) < 4.78 is 29.7. The maximum Gasteiger partial charge on any atom is 0.264 e. The van der Waals surface area contributed by atoms with Crippen molar-refractivity contribution in [2.24, 2.45) is 5.92 Å². The number of hydrogen-bond donors (Lipinski definition) is 1. The summed E-state index contributed by atoms with van der Waals surface area (Å²) in [5.41, 5.74) is 1.72. The van der Waals surface area contributed by atoms with Crippen LogP contribution >= 0.6 is 27.5 Å². The number of carbonyl (C=O) groups excluding carboxylic acids is 2. The molecule has 0 aliphatic carbocycles. The third-order valence-corrected chi connectivity index (χ3v) is 8.71. The summed E-state index contributed by atoms with van der Waals surface area (Å²) in [5, 5.41) is 3.22. The minimum absolute atomic E-state index is 0.0411. The van der Waals surface area contributed by atoms with Gasteiger partial charge in [0.2, 0.25) is 11.8 Å². The van der Waals surface area contributed by atoms with Crippen LogP contribution in [0.1, 0.15) is 31.9 Å². The highest BCUT2D eigenvalue weighted by molar-refractivity contribution is 9.10. The molecule has 3 aromatic carbocycles. The monoisotopic (exact) mass is 633 g/mol. The molecule has 3 rings (SSSR count). The van der Waals surface area contributed by atoms with Gasteiger partial charge >= 0.3 is 0 Å². The zero-order valence-electron chi connectivity index (χ0n) is 22.4. The van der Waals surface area contributed by atoms with Crippen molar-refractivity contribution < 1.29 is 18.0 Å². The lowest BCUT2D eigenvalue weighted by molar-refractivity contribution is -0.139. The normalized spacial score (nSPS) is 12.2. The second kappa shape index (κ2) is 13.5. The van der Waals surface area contributed by atoms with E-state index in [1.165, 1.54) is 23.1 Å². The van der Waals surface area contributed by atoms with Gasteiger partial charge in [-0.2, -0.15) is 0 Å². The van der Waals surface area contributed by atoms with Crippen LogP contribution in [0.3, 0.4) is 0 Å². The van der Waals surface area contributed by atoms with Gasteiger partial charge in [0.05, 0.1) is 10.6 Å². The van der Waals surface area contributed by atoms with Crippen LogP contribution in [0, 0.1) is 12.8 Å². The van der Waals surface area contributed by atoms with E-state index in [9.17, 15) is 18.0 Å². The summed E-state index contributed by atoms with van der Waals surface area (Å²) in [6.07, 6.45) is 0. The van der Waals surface area contributed by atoms with Gasteiger partial charge in [-0.15, -0.1) is 0 Å². The first-order valence-electron chi connectivity index (χ1n) is 12.6. The van der Waals surface area contributed by atoms with Gasteiger partial charge in [0.1, 0.15) is 12.6 Å². The molecule has 3 aromatic rings. The fourth-order valence-corrected chi connectivity index (χ4v) is 5.83. The first kappa shape index (κ1) is 30.7. The predicted octanol–water partition coefficient (Wildman–Crippen LogP) is 5.80. The molecule has 1 unspecified atom stereocenters. The molecular formula is C29H33BrClN3O4S. The summed E-state index contributed by atoms with van der Waals surface area (Å²) >= 11 is 9.67. The van der Waals surface area contributed by atoms with Crippen molar-refractivity contribution in [1.29, 1.82) is 0 Å². The molecule has 0 spiro atoms. The van der Waals surface area contributed by atoms with Gasteiger partial charge in [-0.25, -0.2) is 8.42 Å². The van der Waals surface area contributed by atoms with Gasteiger partial charge in [-0.05, 0) is 67.3 Å². The highest BCUT2D eigenvalue weighted by atomic mass is 79.9. The predicted molar refractivity (Wildman–Crippen MR) is 159 cm³/mol. The molecule has 0 bridgehead atoms. The molecule has 0 radical (unpaired) electrons. The van der Waals surface area contributed by atoms with Crippen LogP contribution in [0.4, 0.5) is 5.69 Å². The van der Waals surface area contributed by atoms with Crippen molar-refractivity contribution in [1.82, 2.24) is 10.2 Å². The lowest BCUT2D eigenvalue weighted by Crippen LogP contribution is -2.51. The zero-order valence-corrected chi connectivity index (χ0v) is 25.6. The summed E-state index contributed by atoms with van der Waals surface area (Å²) in [5.74, 6) is -0.608. The number of aryl methyl sites for hydroxylation is 1. The smallest absolute Gasteiger partial charge is 0.264 e. The van der Waals surface area contributed by atoms with Crippen molar-refractivity contribution in [2.45, 2.75) is 45.2 Å². The fraction of sp³-hybridized carbons (Fsp3) is 0.310. The highest BCUT2D eigenvalue weighted by Crippen LogP contribution is 2.30. The molecule has 0 aliphatic heterocycles. The minimum atomic E-state index is -4.15. The van der Waals surface area contributed by atoms with Gasteiger partial charge < -0.3 is 10.2 Å². The largest absolute Gasteiger partial charge is 0.354 e. The number of halogens is 2. The minimum Gasteiger partial charge on any atom is -0.354 e. The first-order valence-corrected chi connectivity index (χ1v) is 15.2. The van der Waals surface area contributed by atoms with Crippen molar-refractivity contribution in [3.8, 4) is 0 Å². The third kappa shape index (κ3) is 8.06. The van der Waals surface area contributed by atoms with E-state index >= 15 is 0 Å². The Morgan fingerprint density at radius 2 is 1.62 bits per heavy atom. The highest BCUT2D eigenvalue weighted by Gasteiger charge is 2.33. The van der Waals surface area contributed by atoms with E-state index < -0.39 is 28.5 Å². The van der Waals surface area contributed by atoms with E-state index in [-0.39, 0.29) is 23.3 Å². The van der Waals surface area contributed by atoms with Crippen molar-refractivity contribution >= 4 is 55.1 Å². The lowest BCUT2D eigenvalue weighted by atomic mass is 10.1. The van der Waals surface area contributed by atoms with E-state index in [0.29, 0.717) is 22.8 Å². The molecule has 39 heavy (non-hydrogen) atoms. The van der Waals surface area contributed by atoms with Crippen LogP contribution < -0.4 is 9.62 Å². The van der Waals surface area contributed by atoms with Crippen LogP contribution in [0.25, 0.3) is 0 Å². The number of sulfonamides is 1. The zero-order chi connectivity index (χ0) is 28.7. The molecule has 0 fully saturated rings. The third-order valence-electron chi connectivity index (χ3n) is 6.17. The van der Waals surface area contributed by atoms with Crippen molar-refractivity contribution in [2.75, 3.05) is 17.4 Å². The molecule has 10 heteroatoms. The van der Waals surface area contributed by atoms with E-state index in [0.717, 1.165) is 14.3 Å². The van der Waals surface area contributed by atoms with Crippen LogP contribution in [0.2, 0.25) is 5.02 Å². The number of anilines is 1. The molecule has 0 saturated heterocycles. The number of nitrogens with zero attached hydrogens (tertiary/aromatic N) is 2. The average molecular weight is 635 g/mol. The molecule has 0 aliphatic rings. The number of nitrogens with one attached hydrogen (secondary N) is 1. The first-order chi connectivity index (χ1) is 18.4.